The number of carboxylic acid groups (broad SMARTS) is 1. The summed E-state index contributed by atoms with van der Waals surface area (Å²) < 4.78 is 29.8. The number of carbonyl (C=O) groups is 2. The Kier molecular flexibility index (Phi) is 19.2. The first kappa shape index (κ1) is 30.5. The molecule has 0 spiro atoms. The summed E-state index contributed by atoms with van der Waals surface area (Å²) in [6.07, 6.45) is 18.1. The molecule has 0 unspecified atom stereocenters. The second-order valence-corrected chi connectivity index (χ2v) is 10.1. The highest BCUT2D eigenvalue weighted by Gasteiger charge is 2.13. The number of carbonyl (C=O) groups excluding carboxylic acids is 2. The smallest absolute Gasteiger partial charge is 0.303 e. The molecule has 0 aromatic rings. The van der Waals surface area contributed by atoms with Crippen LogP contribution in [0, 0.1) is 0 Å². The third-order valence-corrected chi connectivity index (χ3v) is 6.24. The Morgan fingerprint density at radius 1 is 0.719 bits per heavy atom. The summed E-state index contributed by atoms with van der Waals surface area (Å²) in [7, 11) is -3.80. The molecule has 0 aliphatic rings. The van der Waals surface area contributed by atoms with E-state index in [1.54, 1.807) is 6.29 Å². The molecule has 3 N–H and O–H groups in total. The van der Waals surface area contributed by atoms with Crippen molar-refractivity contribution < 1.29 is 32.5 Å². The molecule has 0 aliphatic heterocycles. The zero-order valence-electron chi connectivity index (χ0n) is 19.4. The number of hydrogen-bond acceptors (Lipinski definition) is 5. The molecule has 187 valence electrons. The molecule has 0 rings (SSSR count). The fourth-order valence-corrected chi connectivity index (χ4v) is 4.13. The molecule has 0 saturated heterocycles. The third-order valence-electron chi connectivity index (χ3n) is 5.43. The Balaban J connectivity index is 3.34. The van der Waals surface area contributed by atoms with Crippen LogP contribution in [-0.4, -0.2) is 48.0 Å². The van der Waals surface area contributed by atoms with Gasteiger partial charge in [-0.2, -0.15) is 8.42 Å². The van der Waals surface area contributed by atoms with Crippen LogP contribution in [0.15, 0.2) is 0 Å². The summed E-state index contributed by atoms with van der Waals surface area (Å²) in [4.78, 5) is 33.0. The molecule has 1 radical (unpaired) electrons. The molecule has 0 aromatic carbocycles. The van der Waals surface area contributed by atoms with Gasteiger partial charge in [-0.1, -0.05) is 83.5 Å². The second kappa shape index (κ2) is 20.1. The minimum atomic E-state index is -3.80. The summed E-state index contributed by atoms with van der Waals surface area (Å²) in [5.41, 5.74) is 0. The van der Waals surface area contributed by atoms with E-state index >= 15 is 0 Å². The average Bonchev–Trinajstić information content (AvgIpc) is 2.72. The molecule has 8 nitrogen and oxygen atoms in total. The molecule has 0 aliphatic carbocycles. The monoisotopic (exact) mass is 476 g/mol. The van der Waals surface area contributed by atoms with Crippen molar-refractivity contribution in [2.45, 2.75) is 122 Å². The maximum Gasteiger partial charge on any atom is 0.303 e. The SMILES string of the molecule is O=[C][C@H](CCC(=O)O)NC(=O)CCCCCCCCCCCCCCCCCS(=O)(=O)O. The van der Waals surface area contributed by atoms with Gasteiger partial charge in [0.2, 0.25) is 12.2 Å². The highest BCUT2D eigenvalue weighted by atomic mass is 32.2. The van der Waals surface area contributed by atoms with Crippen molar-refractivity contribution in [2.24, 2.45) is 0 Å². The summed E-state index contributed by atoms with van der Waals surface area (Å²) in [5.74, 6) is -1.34. The minimum absolute atomic E-state index is 0.0737. The average molecular weight is 477 g/mol. The second-order valence-electron chi connectivity index (χ2n) is 8.51. The Morgan fingerprint density at radius 3 is 1.50 bits per heavy atom. The summed E-state index contributed by atoms with van der Waals surface area (Å²) in [5, 5.41) is 11.1. The van der Waals surface area contributed by atoms with E-state index in [-0.39, 0.29) is 24.5 Å². The van der Waals surface area contributed by atoms with Crippen LogP contribution in [-0.2, 0) is 24.5 Å². The first-order chi connectivity index (χ1) is 15.2. The molecule has 0 bridgehead atoms. The molecule has 0 fully saturated rings. The highest BCUT2D eigenvalue weighted by Crippen LogP contribution is 2.14. The van der Waals surface area contributed by atoms with Gasteiger partial charge in [-0.25, -0.2) is 0 Å². The number of carboxylic acids is 1. The number of aliphatic carboxylic acids is 1. The molecule has 32 heavy (non-hydrogen) atoms. The minimum Gasteiger partial charge on any atom is -0.481 e. The van der Waals surface area contributed by atoms with Crippen molar-refractivity contribution in [3.8, 4) is 0 Å². The van der Waals surface area contributed by atoms with Crippen molar-refractivity contribution in [3.63, 3.8) is 0 Å². The van der Waals surface area contributed by atoms with Gasteiger partial charge in [0.05, 0.1) is 11.8 Å². The van der Waals surface area contributed by atoms with E-state index in [0.717, 1.165) is 44.9 Å². The van der Waals surface area contributed by atoms with Gasteiger partial charge in [-0.05, 0) is 19.3 Å². The van der Waals surface area contributed by atoms with Crippen LogP contribution in [0.1, 0.15) is 116 Å². The number of unbranched alkanes of at least 4 members (excludes halogenated alkanes) is 14. The van der Waals surface area contributed by atoms with Crippen molar-refractivity contribution in [1.82, 2.24) is 5.32 Å². The highest BCUT2D eigenvalue weighted by molar-refractivity contribution is 7.85. The Bertz CT molecular complexity index is 607. The van der Waals surface area contributed by atoms with Gasteiger partial charge >= 0.3 is 5.97 Å². The van der Waals surface area contributed by atoms with Crippen molar-refractivity contribution in [1.29, 1.82) is 0 Å². The number of amides is 1. The van der Waals surface area contributed by atoms with Crippen molar-refractivity contribution in [3.05, 3.63) is 0 Å². The Morgan fingerprint density at radius 2 is 1.12 bits per heavy atom. The zero-order chi connectivity index (χ0) is 24.1. The van der Waals surface area contributed by atoms with Crippen molar-refractivity contribution in [2.75, 3.05) is 5.75 Å². The van der Waals surface area contributed by atoms with Crippen LogP contribution in [0.5, 0.6) is 0 Å². The topological polar surface area (TPSA) is 138 Å². The van der Waals surface area contributed by atoms with Gasteiger partial charge in [0.25, 0.3) is 10.1 Å². The van der Waals surface area contributed by atoms with E-state index < -0.39 is 22.1 Å². The molecular formula is C23H42NO7S. The predicted octanol–water partition coefficient (Wildman–Crippen LogP) is 4.58. The van der Waals surface area contributed by atoms with E-state index in [2.05, 4.69) is 5.32 Å². The van der Waals surface area contributed by atoms with Gasteiger partial charge in [0.1, 0.15) is 0 Å². The number of rotatable bonds is 23. The van der Waals surface area contributed by atoms with Gasteiger partial charge in [-0.3, -0.25) is 18.9 Å². The Hall–Kier alpha value is -1.48. The lowest BCUT2D eigenvalue weighted by molar-refractivity contribution is -0.137. The van der Waals surface area contributed by atoms with Crippen LogP contribution in [0.4, 0.5) is 0 Å². The fourth-order valence-electron chi connectivity index (χ4n) is 3.56. The van der Waals surface area contributed by atoms with Crippen molar-refractivity contribution >= 4 is 28.3 Å². The Labute approximate surface area is 193 Å². The van der Waals surface area contributed by atoms with E-state index in [0.29, 0.717) is 12.8 Å². The molecule has 9 heteroatoms. The van der Waals surface area contributed by atoms with Crippen LogP contribution >= 0.6 is 0 Å². The van der Waals surface area contributed by atoms with Gasteiger partial charge < -0.3 is 10.4 Å². The lowest BCUT2D eigenvalue weighted by Crippen LogP contribution is -2.36. The summed E-state index contributed by atoms with van der Waals surface area (Å²) >= 11 is 0. The molecule has 0 saturated carbocycles. The van der Waals surface area contributed by atoms with Gasteiger partial charge in [0.15, 0.2) is 0 Å². The van der Waals surface area contributed by atoms with E-state index in [1.807, 2.05) is 0 Å². The quantitative estimate of drug-likeness (QED) is 0.145. The lowest BCUT2D eigenvalue weighted by Gasteiger charge is -2.10. The van der Waals surface area contributed by atoms with E-state index in [1.165, 1.54) is 44.9 Å². The largest absolute Gasteiger partial charge is 0.481 e. The predicted molar refractivity (Wildman–Crippen MR) is 125 cm³/mol. The van der Waals surface area contributed by atoms with Gasteiger partial charge in [0, 0.05) is 12.8 Å². The molecule has 0 heterocycles. The molecule has 1 atom stereocenters. The first-order valence-corrected chi connectivity index (χ1v) is 13.7. The first-order valence-electron chi connectivity index (χ1n) is 12.1. The zero-order valence-corrected chi connectivity index (χ0v) is 20.2. The third kappa shape index (κ3) is 23.2. The standard InChI is InChI=1S/C23H42NO7S/c25-20-21(17-18-23(27)28)24-22(26)16-14-12-10-8-6-4-2-1-3-5-7-9-11-13-15-19-32(29,30)31/h21H,1-19H2,(H,24,26)(H,27,28)(H,29,30,31)/t21-/m0/s1. The molecular weight excluding hydrogens is 434 g/mol. The van der Waals surface area contributed by atoms with Crippen LogP contribution in [0.25, 0.3) is 0 Å². The molecule has 0 aromatic heterocycles. The van der Waals surface area contributed by atoms with E-state index in [9.17, 15) is 22.8 Å². The van der Waals surface area contributed by atoms with Crippen LogP contribution < -0.4 is 5.32 Å². The van der Waals surface area contributed by atoms with Crippen LogP contribution in [0.3, 0.4) is 0 Å². The maximum atomic E-state index is 11.8. The lowest BCUT2D eigenvalue weighted by atomic mass is 10.0. The number of hydrogen-bond donors (Lipinski definition) is 3. The van der Waals surface area contributed by atoms with Crippen LogP contribution in [0.2, 0.25) is 0 Å². The normalized spacial score (nSPS) is 12.4. The fraction of sp³-hybridized carbons (Fsp3) is 0.870. The summed E-state index contributed by atoms with van der Waals surface area (Å²) in [6, 6.07) is -0.836. The van der Waals surface area contributed by atoms with E-state index in [4.69, 9.17) is 9.66 Å². The maximum absolute atomic E-state index is 11.8. The molecule has 1 amide bonds. The van der Waals surface area contributed by atoms with Gasteiger partial charge in [-0.15, -0.1) is 0 Å². The summed E-state index contributed by atoms with van der Waals surface area (Å²) in [6.45, 7) is 0. The number of nitrogens with one attached hydrogen (secondary N) is 1.